The summed E-state index contributed by atoms with van der Waals surface area (Å²) in [5.41, 5.74) is 0. The summed E-state index contributed by atoms with van der Waals surface area (Å²) in [7, 11) is 0. The minimum Gasteiger partial charge on any atom is -0.467 e. The van der Waals surface area contributed by atoms with E-state index in [-0.39, 0.29) is 17.9 Å². The molecule has 0 aliphatic heterocycles. The predicted octanol–water partition coefficient (Wildman–Crippen LogP) is 2.80. The number of esters is 1. The van der Waals surface area contributed by atoms with E-state index in [0.717, 1.165) is 25.7 Å². The van der Waals surface area contributed by atoms with Crippen LogP contribution < -0.4 is 5.32 Å². The topological polar surface area (TPSA) is 71.7 Å². The average Bonchev–Trinajstić information content (AvgIpc) is 3.02. The first-order chi connectivity index (χ1) is 10.6. The minimum atomic E-state index is -0.576. The summed E-state index contributed by atoms with van der Waals surface area (Å²) >= 11 is 0. The summed E-state index contributed by atoms with van der Waals surface area (Å²) in [6.07, 6.45) is 5.33. The van der Waals surface area contributed by atoms with Crippen molar-refractivity contribution in [3.63, 3.8) is 0 Å². The first-order valence-corrected chi connectivity index (χ1v) is 8.24. The molecule has 1 fully saturated rings. The molecule has 1 heterocycles. The molecule has 1 aromatic rings. The molecular weight excluding hydrogens is 282 g/mol. The van der Waals surface area contributed by atoms with Crippen molar-refractivity contribution in [2.45, 2.75) is 64.1 Å². The van der Waals surface area contributed by atoms with Gasteiger partial charge in [-0.05, 0) is 58.1 Å². The maximum Gasteiger partial charge on any atom is 0.308 e. The van der Waals surface area contributed by atoms with Gasteiger partial charge in [0.1, 0.15) is 11.9 Å². The molecular formula is C17H27NO4. The van der Waals surface area contributed by atoms with Crippen molar-refractivity contribution in [2.75, 3.05) is 6.61 Å². The van der Waals surface area contributed by atoms with Crippen LogP contribution in [0.4, 0.5) is 0 Å². The minimum absolute atomic E-state index is 0.0535. The van der Waals surface area contributed by atoms with Crippen LogP contribution in [0.5, 0.6) is 0 Å². The summed E-state index contributed by atoms with van der Waals surface area (Å²) < 4.78 is 10.3. The Balaban J connectivity index is 1.70. The van der Waals surface area contributed by atoms with Gasteiger partial charge in [-0.15, -0.1) is 0 Å². The van der Waals surface area contributed by atoms with Crippen molar-refractivity contribution in [2.24, 2.45) is 5.92 Å². The first-order valence-electron chi connectivity index (χ1n) is 8.24. The molecule has 2 unspecified atom stereocenters. The van der Waals surface area contributed by atoms with Gasteiger partial charge in [-0.2, -0.15) is 0 Å². The number of hydrogen-bond donors (Lipinski definition) is 2. The molecule has 1 aliphatic rings. The molecule has 5 heteroatoms. The number of nitrogens with one attached hydrogen (secondary N) is 1. The van der Waals surface area contributed by atoms with Crippen LogP contribution in [0.2, 0.25) is 0 Å². The van der Waals surface area contributed by atoms with E-state index in [4.69, 9.17) is 9.15 Å². The fourth-order valence-corrected chi connectivity index (χ4v) is 3.16. The van der Waals surface area contributed by atoms with Crippen LogP contribution in [0, 0.1) is 5.92 Å². The molecule has 2 N–H and O–H groups in total. The molecule has 0 amide bonds. The molecule has 0 saturated heterocycles. The Morgan fingerprint density at radius 1 is 1.45 bits per heavy atom. The van der Waals surface area contributed by atoms with Gasteiger partial charge in [0.25, 0.3) is 0 Å². The molecule has 124 valence electrons. The van der Waals surface area contributed by atoms with E-state index in [1.54, 1.807) is 18.4 Å². The highest BCUT2D eigenvalue weighted by Gasteiger charge is 2.28. The Kier molecular flexibility index (Phi) is 6.46. The molecule has 1 aromatic heterocycles. The van der Waals surface area contributed by atoms with Crippen LogP contribution in [0.25, 0.3) is 0 Å². The van der Waals surface area contributed by atoms with E-state index in [1.165, 1.54) is 0 Å². The smallest absolute Gasteiger partial charge is 0.308 e. The number of carbonyl (C=O) groups is 1. The Hall–Kier alpha value is -1.33. The van der Waals surface area contributed by atoms with Crippen molar-refractivity contribution in [1.82, 2.24) is 5.32 Å². The molecule has 2 atom stereocenters. The molecule has 0 aromatic carbocycles. The third-order valence-corrected chi connectivity index (χ3v) is 4.32. The average molecular weight is 309 g/mol. The zero-order valence-electron chi connectivity index (χ0n) is 13.5. The van der Waals surface area contributed by atoms with Crippen LogP contribution in [0.3, 0.4) is 0 Å². The van der Waals surface area contributed by atoms with E-state index in [2.05, 4.69) is 12.2 Å². The van der Waals surface area contributed by atoms with Gasteiger partial charge in [-0.1, -0.05) is 0 Å². The summed E-state index contributed by atoms with van der Waals surface area (Å²) in [5.74, 6) is 0.615. The standard InChI is InChI=1S/C17H27NO4/c1-3-21-17(20)13-6-8-14(9-7-13)18-12(2)11-15(19)16-5-4-10-22-16/h4-5,10,12-15,18-19H,3,6-9,11H2,1-2H3. The Morgan fingerprint density at radius 3 is 2.77 bits per heavy atom. The highest BCUT2D eigenvalue weighted by molar-refractivity contribution is 5.72. The van der Waals surface area contributed by atoms with Crippen LogP contribution in [0.1, 0.15) is 57.8 Å². The first kappa shape index (κ1) is 17.0. The van der Waals surface area contributed by atoms with Gasteiger partial charge in [0.15, 0.2) is 0 Å². The third-order valence-electron chi connectivity index (χ3n) is 4.32. The van der Waals surface area contributed by atoms with Gasteiger partial charge in [0.05, 0.1) is 18.8 Å². The lowest BCUT2D eigenvalue weighted by Crippen LogP contribution is -2.40. The molecule has 0 spiro atoms. The lowest BCUT2D eigenvalue weighted by Gasteiger charge is -2.30. The predicted molar refractivity (Wildman–Crippen MR) is 83.3 cm³/mol. The van der Waals surface area contributed by atoms with Crippen molar-refractivity contribution < 1.29 is 19.1 Å². The quantitative estimate of drug-likeness (QED) is 0.758. The van der Waals surface area contributed by atoms with E-state index < -0.39 is 6.10 Å². The van der Waals surface area contributed by atoms with Gasteiger partial charge in [0.2, 0.25) is 0 Å². The van der Waals surface area contributed by atoms with Gasteiger partial charge in [0, 0.05) is 12.1 Å². The number of aliphatic hydroxyl groups is 1. The number of carbonyl (C=O) groups excluding carboxylic acids is 1. The summed E-state index contributed by atoms with van der Waals surface area (Å²) in [6, 6.07) is 4.18. The second-order valence-electron chi connectivity index (χ2n) is 6.14. The van der Waals surface area contributed by atoms with E-state index in [0.29, 0.717) is 24.8 Å². The van der Waals surface area contributed by atoms with Crippen molar-refractivity contribution >= 4 is 5.97 Å². The Morgan fingerprint density at radius 2 is 2.18 bits per heavy atom. The lowest BCUT2D eigenvalue weighted by atomic mass is 9.85. The molecule has 1 aliphatic carbocycles. The molecule has 0 radical (unpaired) electrons. The fourth-order valence-electron chi connectivity index (χ4n) is 3.16. The van der Waals surface area contributed by atoms with Gasteiger partial charge >= 0.3 is 5.97 Å². The highest BCUT2D eigenvalue weighted by Crippen LogP contribution is 2.26. The summed E-state index contributed by atoms with van der Waals surface area (Å²) in [5, 5.41) is 13.6. The molecule has 5 nitrogen and oxygen atoms in total. The Labute approximate surface area is 132 Å². The van der Waals surface area contributed by atoms with Gasteiger partial charge in [-0.25, -0.2) is 0 Å². The number of rotatable bonds is 7. The normalized spacial score (nSPS) is 24.7. The summed E-state index contributed by atoms with van der Waals surface area (Å²) in [6.45, 7) is 4.37. The largest absolute Gasteiger partial charge is 0.467 e. The number of ether oxygens (including phenoxy) is 1. The van der Waals surface area contributed by atoms with E-state index in [9.17, 15) is 9.90 Å². The monoisotopic (exact) mass is 309 g/mol. The van der Waals surface area contributed by atoms with Crippen molar-refractivity contribution in [3.8, 4) is 0 Å². The highest BCUT2D eigenvalue weighted by atomic mass is 16.5. The zero-order chi connectivity index (χ0) is 15.9. The number of hydrogen-bond acceptors (Lipinski definition) is 5. The van der Waals surface area contributed by atoms with Crippen LogP contribution in [-0.2, 0) is 9.53 Å². The van der Waals surface area contributed by atoms with Crippen molar-refractivity contribution in [3.05, 3.63) is 24.2 Å². The summed E-state index contributed by atoms with van der Waals surface area (Å²) in [4.78, 5) is 11.7. The zero-order valence-corrected chi connectivity index (χ0v) is 13.5. The van der Waals surface area contributed by atoms with E-state index >= 15 is 0 Å². The van der Waals surface area contributed by atoms with Crippen LogP contribution in [-0.4, -0.2) is 29.8 Å². The molecule has 0 bridgehead atoms. The molecule has 2 rings (SSSR count). The third kappa shape index (κ3) is 4.85. The SMILES string of the molecule is CCOC(=O)C1CCC(NC(C)CC(O)c2ccco2)CC1. The number of aliphatic hydroxyl groups excluding tert-OH is 1. The van der Waals surface area contributed by atoms with Crippen LogP contribution >= 0.6 is 0 Å². The molecule has 1 saturated carbocycles. The maximum absolute atomic E-state index is 11.7. The van der Waals surface area contributed by atoms with E-state index in [1.807, 2.05) is 6.92 Å². The lowest BCUT2D eigenvalue weighted by molar-refractivity contribution is -0.149. The second kappa shape index (κ2) is 8.34. The number of furan rings is 1. The fraction of sp³-hybridized carbons (Fsp3) is 0.706. The molecule has 22 heavy (non-hydrogen) atoms. The van der Waals surface area contributed by atoms with Crippen molar-refractivity contribution in [1.29, 1.82) is 0 Å². The van der Waals surface area contributed by atoms with Crippen LogP contribution in [0.15, 0.2) is 22.8 Å². The Bertz CT molecular complexity index is 438. The second-order valence-corrected chi connectivity index (χ2v) is 6.14. The maximum atomic E-state index is 11.7. The van der Waals surface area contributed by atoms with Gasteiger partial charge < -0.3 is 19.6 Å². The van der Waals surface area contributed by atoms with Gasteiger partial charge in [-0.3, -0.25) is 4.79 Å².